The summed E-state index contributed by atoms with van der Waals surface area (Å²) in [7, 11) is 0. The molecular formula is C24H33N5O. The van der Waals surface area contributed by atoms with Crippen LogP contribution in [0.15, 0.2) is 30.3 Å². The van der Waals surface area contributed by atoms with Crippen LogP contribution in [-0.4, -0.2) is 64.9 Å². The maximum Gasteiger partial charge on any atom is 0.253 e. The average Bonchev–Trinajstić information content (AvgIpc) is 3.26. The van der Waals surface area contributed by atoms with Crippen LogP contribution in [0.3, 0.4) is 0 Å². The van der Waals surface area contributed by atoms with E-state index in [9.17, 15) is 4.79 Å². The molecule has 0 radical (unpaired) electrons. The Labute approximate surface area is 179 Å². The van der Waals surface area contributed by atoms with Crippen LogP contribution >= 0.6 is 0 Å². The lowest BCUT2D eigenvalue weighted by Crippen LogP contribution is -2.49. The summed E-state index contributed by atoms with van der Waals surface area (Å²) < 4.78 is 0. The Morgan fingerprint density at radius 2 is 1.73 bits per heavy atom. The van der Waals surface area contributed by atoms with Gasteiger partial charge >= 0.3 is 0 Å². The molecule has 160 valence electrons. The van der Waals surface area contributed by atoms with Crippen LogP contribution in [-0.2, 0) is 6.54 Å². The molecule has 2 aliphatic heterocycles. The molecule has 2 fully saturated rings. The smallest absolute Gasteiger partial charge is 0.253 e. The van der Waals surface area contributed by atoms with Crippen molar-refractivity contribution in [3.8, 4) is 0 Å². The van der Waals surface area contributed by atoms with Crippen LogP contribution in [0.5, 0.6) is 0 Å². The molecule has 0 unspecified atom stereocenters. The Morgan fingerprint density at radius 1 is 1.00 bits per heavy atom. The molecule has 6 nitrogen and oxygen atoms in total. The van der Waals surface area contributed by atoms with Crippen molar-refractivity contribution in [1.29, 1.82) is 0 Å². The molecule has 1 amide bonds. The first-order valence-corrected chi connectivity index (χ1v) is 11.2. The Hall–Kier alpha value is -2.47. The van der Waals surface area contributed by atoms with Gasteiger partial charge in [-0.3, -0.25) is 9.69 Å². The number of benzene rings is 1. The van der Waals surface area contributed by atoms with E-state index in [2.05, 4.69) is 40.8 Å². The minimum absolute atomic E-state index is 0.139. The van der Waals surface area contributed by atoms with Crippen molar-refractivity contribution < 1.29 is 4.79 Å². The van der Waals surface area contributed by atoms with E-state index in [0.717, 1.165) is 55.6 Å². The summed E-state index contributed by atoms with van der Waals surface area (Å²) in [6.45, 7) is 12.6. The first-order valence-electron chi connectivity index (χ1n) is 11.2. The third-order valence-corrected chi connectivity index (χ3v) is 6.04. The van der Waals surface area contributed by atoms with Crippen molar-refractivity contribution in [3.63, 3.8) is 0 Å². The number of anilines is 1. The first kappa shape index (κ1) is 20.8. The summed E-state index contributed by atoms with van der Waals surface area (Å²) in [5.74, 6) is 2.31. The predicted octanol–water partition coefficient (Wildman–Crippen LogP) is 3.47. The molecule has 0 spiro atoms. The zero-order valence-corrected chi connectivity index (χ0v) is 18.5. The SMILES string of the molecule is Cc1cc(N2CCN(C(=O)c3cccc(CN4CCCC4)c3)CC2)nc(C(C)C)n1. The second-order valence-corrected chi connectivity index (χ2v) is 8.84. The quantitative estimate of drug-likeness (QED) is 0.760. The zero-order chi connectivity index (χ0) is 21.1. The van der Waals surface area contributed by atoms with Crippen molar-refractivity contribution >= 4 is 11.7 Å². The van der Waals surface area contributed by atoms with Crippen molar-refractivity contribution in [2.75, 3.05) is 44.2 Å². The lowest BCUT2D eigenvalue weighted by Gasteiger charge is -2.35. The van der Waals surface area contributed by atoms with Gasteiger partial charge in [-0.05, 0) is 50.6 Å². The number of nitrogens with zero attached hydrogens (tertiary/aromatic N) is 5. The number of carbonyl (C=O) groups is 1. The van der Waals surface area contributed by atoms with E-state index >= 15 is 0 Å². The molecule has 4 rings (SSSR count). The second-order valence-electron chi connectivity index (χ2n) is 8.84. The van der Waals surface area contributed by atoms with E-state index in [1.54, 1.807) is 0 Å². The minimum atomic E-state index is 0.139. The van der Waals surface area contributed by atoms with Crippen molar-refractivity contribution in [1.82, 2.24) is 19.8 Å². The molecule has 1 aromatic carbocycles. The maximum atomic E-state index is 13.1. The fraction of sp³-hybridized carbons (Fsp3) is 0.542. The number of rotatable bonds is 5. The van der Waals surface area contributed by atoms with Gasteiger partial charge < -0.3 is 9.80 Å². The van der Waals surface area contributed by atoms with Crippen LogP contribution in [0.25, 0.3) is 0 Å². The Kier molecular flexibility index (Phi) is 6.32. The number of piperazine rings is 1. The summed E-state index contributed by atoms with van der Waals surface area (Å²) in [6.07, 6.45) is 2.57. The van der Waals surface area contributed by atoms with Gasteiger partial charge in [-0.15, -0.1) is 0 Å². The highest BCUT2D eigenvalue weighted by molar-refractivity contribution is 5.94. The van der Waals surface area contributed by atoms with Gasteiger partial charge in [0.15, 0.2) is 0 Å². The molecule has 2 aromatic rings. The van der Waals surface area contributed by atoms with Gasteiger partial charge in [0.25, 0.3) is 5.91 Å². The summed E-state index contributed by atoms with van der Waals surface area (Å²) in [5, 5.41) is 0. The van der Waals surface area contributed by atoms with Crippen LogP contribution in [0.2, 0.25) is 0 Å². The molecule has 3 heterocycles. The van der Waals surface area contributed by atoms with Crippen LogP contribution < -0.4 is 4.90 Å². The number of aryl methyl sites for hydroxylation is 1. The largest absolute Gasteiger partial charge is 0.353 e. The molecule has 6 heteroatoms. The summed E-state index contributed by atoms with van der Waals surface area (Å²) in [4.78, 5) is 29.1. The molecule has 2 aliphatic rings. The maximum absolute atomic E-state index is 13.1. The molecule has 0 bridgehead atoms. The van der Waals surface area contributed by atoms with Crippen molar-refractivity contribution in [2.24, 2.45) is 0 Å². The van der Waals surface area contributed by atoms with Gasteiger partial charge in [-0.2, -0.15) is 0 Å². The van der Waals surface area contributed by atoms with Crippen LogP contribution in [0.1, 0.15) is 60.0 Å². The third-order valence-electron chi connectivity index (χ3n) is 6.04. The van der Waals surface area contributed by atoms with E-state index in [1.165, 1.54) is 31.5 Å². The first-order chi connectivity index (χ1) is 14.5. The predicted molar refractivity (Wildman–Crippen MR) is 120 cm³/mol. The van der Waals surface area contributed by atoms with Crippen LogP contribution in [0.4, 0.5) is 5.82 Å². The van der Waals surface area contributed by atoms with Crippen LogP contribution in [0, 0.1) is 6.92 Å². The van der Waals surface area contributed by atoms with E-state index < -0.39 is 0 Å². The van der Waals surface area contributed by atoms with Crippen molar-refractivity contribution in [3.05, 3.63) is 53.0 Å². The van der Waals surface area contributed by atoms with E-state index in [1.807, 2.05) is 30.0 Å². The highest BCUT2D eigenvalue weighted by Gasteiger charge is 2.24. The highest BCUT2D eigenvalue weighted by atomic mass is 16.2. The average molecular weight is 408 g/mol. The second kappa shape index (κ2) is 9.13. The monoisotopic (exact) mass is 407 g/mol. The topological polar surface area (TPSA) is 52.6 Å². The number of hydrogen-bond acceptors (Lipinski definition) is 5. The lowest BCUT2D eigenvalue weighted by molar-refractivity contribution is 0.0746. The number of amides is 1. The van der Waals surface area contributed by atoms with Gasteiger partial charge in [-0.1, -0.05) is 26.0 Å². The summed E-state index contributed by atoms with van der Waals surface area (Å²) >= 11 is 0. The molecule has 1 aromatic heterocycles. The normalized spacial score (nSPS) is 17.7. The Balaban J connectivity index is 1.39. The molecular weight excluding hydrogens is 374 g/mol. The minimum Gasteiger partial charge on any atom is -0.353 e. The molecule has 30 heavy (non-hydrogen) atoms. The number of likely N-dealkylation sites (tertiary alicyclic amines) is 1. The van der Waals surface area contributed by atoms with Crippen molar-refractivity contribution in [2.45, 2.75) is 46.1 Å². The summed E-state index contributed by atoms with van der Waals surface area (Å²) in [6, 6.07) is 10.2. The van der Waals surface area contributed by atoms with Gasteiger partial charge in [0.05, 0.1) is 0 Å². The Bertz CT molecular complexity index is 883. The van der Waals surface area contributed by atoms with Gasteiger partial charge in [-0.25, -0.2) is 9.97 Å². The lowest BCUT2D eigenvalue weighted by atomic mass is 10.1. The standard InChI is InChI=1S/C24H33N5O/c1-18(2)23-25-19(3)15-22(26-23)28-11-13-29(14-12-28)24(30)21-8-6-7-20(16-21)17-27-9-4-5-10-27/h6-8,15-16,18H,4-5,9-14,17H2,1-3H3. The molecule has 2 saturated heterocycles. The van der Waals surface area contributed by atoms with E-state index in [-0.39, 0.29) is 5.91 Å². The number of hydrogen-bond donors (Lipinski definition) is 0. The molecule has 0 atom stereocenters. The summed E-state index contributed by atoms with van der Waals surface area (Å²) in [5.41, 5.74) is 3.04. The molecule has 0 saturated carbocycles. The van der Waals surface area contributed by atoms with Gasteiger partial charge in [0, 0.05) is 56.0 Å². The third kappa shape index (κ3) is 4.81. The van der Waals surface area contributed by atoms with E-state index in [0.29, 0.717) is 5.92 Å². The molecule has 0 aliphatic carbocycles. The van der Waals surface area contributed by atoms with E-state index in [4.69, 9.17) is 4.98 Å². The molecule has 0 N–H and O–H groups in total. The fourth-order valence-corrected chi connectivity index (χ4v) is 4.32. The highest BCUT2D eigenvalue weighted by Crippen LogP contribution is 2.20. The number of aromatic nitrogens is 2. The number of carbonyl (C=O) groups excluding carboxylic acids is 1. The Morgan fingerprint density at radius 3 is 2.43 bits per heavy atom. The fourth-order valence-electron chi connectivity index (χ4n) is 4.32. The van der Waals surface area contributed by atoms with Gasteiger partial charge in [0.1, 0.15) is 11.6 Å². The zero-order valence-electron chi connectivity index (χ0n) is 18.5. The van der Waals surface area contributed by atoms with Gasteiger partial charge in [0.2, 0.25) is 0 Å².